The van der Waals surface area contributed by atoms with Crippen molar-refractivity contribution in [2.45, 2.75) is 11.8 Å². The Morgan fingerprint density at radius 1 is 1.20 bits per heavy atom. The van der Waals surface area contributed by atoms with Crippen LogP contribution in [0.3, 0.4) is 0 Å². The van der Waals surface area contributed by atoms with Crippen molar-refractivity contribution >= 4 is 32.8 Å². The van der Waals surface area contributed by atoms with E-state index in [1.54, 1.807) is 24.3 Å². The molecule has 3 rings (SSSR count). The Labute approximate surface area is 145 Å². The van der Waals surface area contributed by atoms with Gasteiger partial charge in [0.2, 0.25) is 0 Å². The molecule has 0 aromatic heterocycles. The molecule has 1 aliphatic heterocycles. The lowest BCUT2D eigenvalue weighted by molar-refractivity contribution is -0.118. The Balaban J connectivity index is 1.76. The lowest BCUT2D eigenvalue weighted by Crippen LogP contribution is -2.25. The summed E-state index contributed by atoms with van der Waals surface area (Å²) in [7, 11) is -3.22. The van der Waals surface area contributed by atoms with Gasteiger partial charge in [0.05, 0.1) is 22.0 Å². The Hall–Kier alpha value is -2.87. The number of nitrogens with zero attached hydrogens (tertiary/aromatic N) is 1. The number of nitrogens with one attached hydrogen (secondary N) is 2. The molecule has 130 valence electrons. The molecule has 2 aromatic carbocycles. The molecule has 1 aliphatic rings. The first-order valence-corrected chi connectivity index (χ1v) is 9.39. The summed E-state index contributed by atoms with van der Waals surface area (Å²) in [4.78, 5) is 11.6. The molecule has 0 atom stereocenters. The largest absolute Gasteiger partial charge is 0.482 e. The molecule has 0 bridgehead atoms. The predicted molar refractivity (Wildman–Crippen MR) is 96.0 cm³/mol. The summed E-state index contributed by atoms with van der Waals surface area (Å²) in [5.74, 6) is 0.434. The van der Waals surface area contributed by atoms with E-state index in [1.807, 2.05) is 13.0 Å². The van der Waals surface area contributed by atoms with E-state index in [1.165, 1.54) is 12.1 Å². The number of benzene rings is 2. The van der Waals surface area contributed by atoms with Gasteiger partial charge in [0.1, 0.15) is 5.75 Å². The first-order valence-electron chi connectivity index (χ1n) is 7.50. The monoisotopic (exact) mass is 359 g/mol. The van der Waals surface area contributed by atoms with Crippen molar-refractivity contribution < 1.29 is 17.9 Å². The van der Waals surface area contributed by atoms with Crippen LogP contribution in [0.4, 0.5) is 11.4 Å². The summed E-state index contributed by atoms with van der Waals surface area (Å²) in [5.41, 5.74) is 5.69. The first kappa shape index (κ1) is 17.0. The van der Waals surface area contributed by atoms with Gasteiger partial charge in [-0.05, 0) is 55.0 Å². The van der Waals surface area contributed by atoms with Crippen molar-refractivity contribution in [2.75, 3.05) is 23.6 Å². The van der Waals surface area contributed by atoms with E-state index in [0.717, 1.165) is 11.8 Å². The van der Waals surface area contributed by atoms with Crippen LogP contribution in [-0.2, 0) is 14.6 Å². The fourth-order valence-corrected chi connectivity index (χ4v) is 2.93. The van der Waals surface area contributed by atoms with Crippen molar-refractivity contribution in [3.05, 3.63) is 48.0 Å². The minimum absolute atomic E-state index is 0.0183. The molecule has 8 heteroatoms. The quantitative estimate of drug-likeness (QED) is 0.645. The summed E-state index contributed by atoms with van der Waals surface area (Å²) in [6.45, 7) is 1.84. The van der Waals surface area contributed by atoms with Gasteiger partial charge in [0.25, 0.3) is 5.91 Å². The summed E-state index contributed by atoms with van der Waals surface area (Å²) in [6, 6.07) is 11.8. The zero-order chi connectivity index (χ0) is 18.0. The van der Waals surface area contributed by atoms with Gasteiger partial charge >= 0.3 is 0 Å². The fraction of sp³-hybridized carbons (Fsp3) is 0.176. The van der Waals surface area contributed by atoms with Crippen molar-refractivity contribution in [1.82, 2.24) is 0 Å². The van der Waals surface area contributed by atoms with E-state index in [4.69, 9.17) is 4.74 Å². The maximum atomic E-state index is 11.4. The number of ether oxygens (including phenoxy) is 1. The number of rotatable bonds is 4. The number of carbonyl (C=O) groups excluding carboxylic acids is 1. The summed E-state index contributed by atoms with van der Waals surface area (Å²) in [6.07, 6.45) is 1.16. The second-order valence-electron chi connectivity index (χ2n) is 5.65. The average Bonchev–Trinajstić information content (AvgIpc) is 2.58. The summed E-state index contributed by atoms with van der Waals surface area (Å²) < 4.78 is 28.2. The zero-order valence-electron chi connectivity index (χ0n) is 13.7. The number of hydrogen-bond acceptors (Lipinski definition) is 6. The standard InChI is InChI=1S/C17H17N3O4S/c1-11(12-3-8-16-15(9-12)18-17(21)10-24-16)19-20-13-4-6-14(7-5-13)25(2,22)23/h3-9,20H,10H2,1-2H3,(H,18,21)/b19-11+. The molecule has 25 heavy (non-hydrogen) atoms. The maximum absolute atomic E-state index is 11.4. The third-order valence-electron chi connectivity index (χ3n) is 3.67. The Morgan fingerprint density at radius 2 is 1.92 bits per heavy atom. The van der Waals surface area contributed by atoms with E-state index < -0.39 is 9.84 Å². The lowest BCUT2D eigenvalue weighted by Gasteiger charge is -2.18. The third kappa shape index (κ3) is 3.97. The van der Waals surface area contributed by atoms with Crippen LogP contribution in [0.25, 0.3) is 0 Å². The molecule has 0 aliphatic carbocycles. The first-order chi connectivity index (χ1) is 11.8. The highest BCUT2D eigenvalue weighted by Crippen LogP contribution is 2.28. The fourth-order valence-electron chi connectivity index (χ4n) is 2.30. The molecule has 1 heterocycles. The van der Waals surface area contributed by atoms with Crippen LogP contribution in [0.1, 0.15) is 12.5 Å². The molecule has 0 radical (unpaired) electrons. The van der Waals surface area contributed by atoms with Crippen molar-refractivity contribution in [3.8, 4) is 5.75 Å². The van der Waals surface area contributed by atoms with Crippen molar-refractivity contribution in [3.63, 3.8) is 0 Å². The summed E-state index contributed by atoms with van der Waals surface area (Å²) in [5, 5.41) is 7.04. The number of hydrazone groups is 1. The number of fused-ring (bicyclic) bond motifs is 1. The van der Waals surface area contributed by atoms with Gasteiger partial charge in [-0.15, -0.1) is 0 Å². The molecule has 2 N–H and O–H groups in total. The van der Waals surface area contributed by atoms with Gasteiger partial charge in [-0.3, -0.25) is 10.2 Å². The van der Waals surface area contributed by atoms with E-state index in [-0.39, 0.29) is 17.4 Å². The van der Waals surface area contributed by atoms with Gasteiger partial charge < -0.3 is 10.1 Å². The van der Waals surface area contributed by atoms with Gasteiger partial charge in [-0.2, -0.15) is 5.10 Å². The number of sulfone groups is 1. The SMILES string of the molecule is C/C(=N\Nc1ccc(S(C)(=O)=O)cc1)c1ccc2c(c1)NC(=O)CO2. The molecule has 0 unspecified atom stereocenters. The Morgan fingerprint density at radius 3 is 2.60 bits per heavy atom. The molecular weight excluding hydrogens is 342 g/mol. The average molecular weight is 359 g/mol. The van der Waals surface area contributed by atoms with E-state index >= 15 is 0 Å². The molecular formula is C17H17N3O4S. The second-order valence-corrected chi connectivity index (χ2v) is 7.67. The molecule has 7 nitrogen and oxygen atoms in total. The van der Waals surface area contributed by atoms with Crippen molar-refractivity contribution in [1.29, 1.82) is 0 Å². The number of hydrogen-bond donors (Lipinski definition) is 2. The molecule has 2 aromatic rings. The van der Waals surface area contributed by atoms with E-state index in [0.29, 0.717) is 22.8 Å². The molecule has 0 saturated heterocycles. The number of anilines is 2. The van der Waals surface area contributed by atoms with Crippen LogP contribution >= 0.6 is 0 Å². The van der Waals surface area contributed by atoms with Crippen LogP contribution in [0, 0.1) is 0 Å². The predicted octanol–water partition coefficient (Wildman–Crippen LogP) is 2.26. The Bertz CT molecular complexity index is 950. The van der Waals surface area contributed by atoms with Gasteiger partial charge in [-0.25, -0.2) is 8.42 Å². The minimum atomic E-state index is -3.22. The second kappa shape index (κ2) is 6.56. The molecule has 0 spiro atoms. The molecule has 0 fully saturated rings. The van der Waals surface area contributed by atoms with E-state index in [2.05, 4.69) is 15.8 Å². The highest BCUT2D eigenvalue weighted by Gasteiger charge is 2.16. The lowest BCUT2D eigenvalue weighted by atomic mass is 10.1. The van der Waals surface area contributed by atoms with Crippen LogP contribution in [0.5, 0.6) is 5.75 Å². The van der Waals surface area contributed by atoms with E-state index in [9.17, 15) is 13.2 Å². The van der Waals surface area contributed by atoms with Crippen LogP contribution < -0.4 is 15.5 Å². The van der Waals surface area contributed by atoms with Crippen LogP contribution in [0.15, 0.2) is 52.5 Å². The highest BCUT2D eigenvalue weighted by atomic mass is 32.2. The topological polar surface area (TPSA) is 96.9 Å². The van der Waals surface area contributed by atoms with Gasteiger partial charge in [0.15, 0.2) is 16.4 Å². The summed E-state index contributed by atoms with van der Waals surface area (Å²) >= 11 is 0. The van der Waals surface area contributed by atoms with Gasteiger partial charge in [0, 0.05) is 6.26 Å². The molecule has 1 amide bonds. The third-order valence-corrected chi connectivity index (χ3v) is 4.79. The van der Waals surface area contributed by atoms with Crippen LogP contribution in [0.2, 0.25) is 0 Å². The number of carbonyl (C=O) groups is 1. The number of amides is 1. The minimum Gasteiger partial charge on any atom is -0.482 e. The van der Waals surface area contributed by atoms with Crippen molar-refractivity contribution in [2.24, 2.45) is 5.10 Å². The maximum Gasteiger partial charge on any atom is 0.262 e. The zero-order valence-corrected chi connectivity index (χ0v) is 14.6. The highest BCUT2D eigenvalue weighted by molar-refractivity contribution is 7.90. The molecule has 0 saturated carbocycles. The smallest absolute Gasteiger partial charge is 0.262 e. The normalized spacial score (nSPS) is 14.3. The van der Waals surface area contributed by atoms with Gasteiger partial charge in [-0.1, -0.05) is 0 Å². The van der Waals surface area contributed by atoms with Crippen LogP contribution in [-0.4, -0.2) is 32.9 Å². The Kier molecular flexibility index (Phi) is 4.45.